The zero-order valence-corrected chi connectivity index (χ0v) is 15.0. The van der Waals surface area contributed by atoms with Crippen LogP contribution in [0, 0.1) is 0 Å². The summed E-state index contributed by atoms with van der Waals surface area (Å²) in [7, 11) is 1.57. The highest BCUT2D eigenvalue weighted by Crippen LogP contribution is 2.18. The summed E-state index contributed by atoms with van der Waals surface area (Å²) in [4.78, 5) is 21.2. The Hall–Kier alpha value is -2.54. The summed E-state index contributed by atoms with van der Waals surface area (Å²) in [5.74, 6) is 2.18. The number of benzene rings is 1. The molecule has 1 amide bonds. The number of fused-ring (bicyclic) bond motifs is 1. The second kappa shape index (κ2) is 8.02. The molecule has 7 heteroatoms. The van der Waals surface area contributed by atoms with E-state index in [-0.39, 0.29) is 12.5 Å². The molecular formula is C18H20N4O2S. The molecule has 3 rings (SSSR count). The summed E-state index contributed by atoms with van der Waals surface area (Å²) in [5, 5.41) is 2.93. The van der Waals surface area contributed by atoms with Crippen molar-refractivity contribution in [1.82, 2.24) is 19.9 Å². The Labute approximate surface area is 150 Å². The third-order valence-corrected chi connectivity index (χ3v) is 4.35. The SMILES string of the molecule is COc1ccc(CNC(=O)Cn2c(CSC)nc3ccccc32)cn1. The molecule has 0 spiro atoms. The molecule has 0 aliphatic rings. The van der Waals surface area contributed by atoms with E-state index in [1.54, 1.807) is 31.1 Å². The Morgan fingerprint density at radius 2 is 2.12 bits per heavy atom. The molecule has 0 radical (unpaired) electrons. The average Bonchev–Trinajstić information content (AvgIpc) is 2.98. The molecule has 25 heavy (non-hydrogen) atoms. The second-order valence-electron chi connectivity index (χ2n) is 5.52. The number of nitrogens with zero attached hydrogens (tertiary/aromatic N) is 3. The van der Waals surface area contributed by atoms with Crippen LogP contribution in [0.1, 0.15) is 11.4 Å². The number of para-hydroxylation sites is 2. The van der Waals surface area contributed by atoms with Crippen molar-refractivity contribution in [2.24, 2.45) is 0 Å². The second-order valence-corrected chi connectivity index (χ2v) is 6.39. The highest BCUT2D eigenvalue weighted by molar-refractivity contribution is 7.97. The minimum absolute atomic E-state index is 0.0543. The number of thioether (sulfide) groups is 1. The number of hydrogen-bond donors (Lipinski definition) is 1. The average molecular weight is 356 g/mol. The van der Waals surface area contributed by atoms with Crippen LogP contribution in [0.2, 0.25) is 0 Å². The topological polar surface area (TPSA) is 69.0 Å². The van der Waals surface area contributed by atoms with Gasteiger partial charge in [0.15, 0.2) is 0 Å². The van der Waals surface area contributed by atoms with Gasteiger partial charge in [-0.2, -0.15) is 11.8 Å². The molecule has 0 atom stereocenters. The number of nitrogens with one attached hydrogen (secondary N) is 1. The standard InChI is InChI=1S/C18H20N4O2S/c1-24-18-8-7-13(10-20-18)9-19-17(23)11-22-15-6-4-3-5-14(15)21-16(22)12-25-2/h3-8,10H,9,11-12H2,1-2H3,(H,19,23). The summed E-state index contributed by atoms with van der Waals surface area (Å²) in [5.41, 5.74) is 2.82. The van der Waals surface area contributed by atoms with Crippen molar-refractivity contribution >= 4 is 28.7 Å². The lowest BCUT2D eigenvalue weighted by Crippen LogP contribution is -2.27. The van der Waals surface area contributed by atoms with E-state index < -0.39 is 0 Å². The minimum atomic E-state index is -0.0543. The fourth-order valence-electron chi connectivity index (χ4n) is 2.58. The highest BCUT2D eigenvalue weighted by atomic mass is 32.2. The quantitative estimate of drug-likeness (QED) is 0.705. The van der Waals surface area contributed by atoms with Crippen LogP contribution in [0.15, 0.2) is 42.6 Å². The molecular weight excluding hydrogens is 336 g/mol. The van der Waals surface area contributed by atoms with Crippen LogP contribution >= 0.6 is 11.8 Å². The first kappa shape index (κ1) is 17.3. The number of hydrogen-bond acceptors (Lipinski definition) is 5. The number of ether oxygens (including phenoxy) is 1. The molecule has 0 saturated heterocycles. The van der Waals surface area contributed by atoms with Gasteiger partial charge in [0.2, 0.25) is 11.8 Å². The monoisotopic (exact) mass is 356 g/mol. The van der Waals surface area contributed by atoms with Crippen LogP contribution in [0.3, 0.4) is 0 Å². The van der Waals surface area contributed by atoms with Crippen LogP contribution in [-0.2, 0) is 23.6 Å². The number of rotatable bonds is 7. The van der Waals surface area contributed by atoms with Gasteiger partial charge in [0.25, 0.3) is 0 Å². The van der Waals surface area contributed by atoms with Crippen molar-refractivity contribution < 1.29 is 9.53 Å². The van der Waals surface area contributed by atoms with E-state index in [1.165, 1.54) is 0 Å². The fraction of sp³-hybridized carbons (Fsp3) is 0.278. The van der Waals surface area contributed by atoms with Crippen LogP contribution < -0.4 is 10.1 Å². The van der Waals surface area contributed by atoms with E-state index >= 15 is 0 Å². The Kier molecular flexibility index (Phi) is 5.55. The lowest BCUT2D eigenvalue weighted by molar-refractivity contribution is -0.121. The largest absolute Gasteiger partial charge is 0.481 e. The Bertz CT molecular complexity index is 861. The molecule has 6 nitrogen and oxygen atoms in total. The van der Waals surface area contributed by atoms with E-state index in [1.807, 2.05) is 41.2 Å². The van der Waals surface area contributed by atoms with Crippen LogP contribution in [0.25, 0.3) is 11.0 Å². The van der Waals surface area contributed by atoms with Gasteiger partial charge in [-0.3, -0.25) is 4.79 Å². The first-order valence-electron chi connectivity index (χ1n) is 7.90. The molecule has 0 unspecified atom stereocenters. The van der Waals surface area contributed by atoms with Gasteiger partial charge in [-0.25, -0.2) is 9.97 Å². The molecule has 1 aromatic carbocycles. The maximum absolute atomic E-state index is 12.4. The summed E-state index contributed by atoms with van der Waals surface area (Å²) in [6.45, 7) is 0.681. The van der Waals surface area contributed by atoms with Crippen LogP contribution in [0.4, 0.5) is 0 Å². The molecule has 130 valence electrons. The van der Waals surface area contributed by atoms with Gasteiger partial charge >= 0.3 is 0 Å². The van der Waals surface area contributed by atoms with Crippen LogP contribution in [0.5, 0.6) is 5.88 Å². The number of carbonyl (C=O) groups excluding carboxylic acids is 1. The molecule has 2 aromatic heterocycles. The lowest BCUT2D eigenvalue weighted by Gasteiger charge is -2.10. The molecule has 0 saturated carbocycles. The van der Waals surface area contributed by atoms with Gasteiger partial charge in [0.05, 0.1) is 23.9 Å². The number of methoxy groups -OCH3 is 1. The molecule has 0 bridgehead atoms. The highest BCUT2D eigenvalue weighted by Gasteiger charge is 2.13. The first-order chi connectivity index (χ1) is 12.2. The third-order valence-electron chi connectivity index (χ3n) is 3.81. The minimum Gasteiger partial charge on any atom is -0.481 e. The Morgan fingerprint density at radius 3 is 2.84 bits per heavy atom. The van der Waals surface area contributed by atoms with Crippen molar-refractivity contribution in [3.05, 3.63) is 54.0 Å². The Balaban J connectivity index is 1.69. The van der Waals surface area contributed by atoms with Gasteiger partial charge in [0.1, 0.15) is 12.4 Å². The molecule has 1 N–H and O–H groups in total. The van der Waals surface area contributed by atoms with E-state index in [2.05, 4.69) is 15.3 Å². The maximum Gasteiger partial charge on any atom is 0.240 e. The predicted octanol–water partition coefficient (Wildman–Crippen LogP) is 2.62. The van der Waals surface area contributed by atoms with Gasteiger partial charge in [-0.15, -0.1) is 0 Å². The zero-order chi connectivity index (χ0) is 17.6. The number of aromatic nitrogens is 3. The normalized spacial score (nSPS) is 10.8. The van der Waals surface area contributed by atoms with Gasteiger partial charge < -0.3 is 14.6 Å². The number of imidazole rings is 1. The molecule has 3 aromatic rings. The number of amides is 1. The molecule has 0 aliphatic heterocycles. The van der Waals surface area contributed by atoms with Gasteiger partial charge in [0, 0.05) is 18.8 Å². The predicted molar refractivity (Wildman–Crippen MR) is 99.6 cm³/mol. The molecule has 0 aliphatic carbocycles. The van der Waals surface area contributed by atoms with Crippen LogP contribution in [-0.4, -0.2) is 33.8 Å². The van der Waals surface area contributed by atoms with Crippen molar-refractivity contribution in [3.63, 3.8) is 0 Å². The van der Waals surface area contributed by atoms with Gasteiger partial charge in [-0.05, 0) is 24.0 Å². The van der Waals surface area contributed by atoms with E-state index in [4.69, 9.17) is 4.74 Å². The molecule has 0 fully saturated rings. The van der Waals surface area contributed by atoms with Crippen molar-refractivity contribution in [2.75, 3.05) is 13.4 Å². The van der Waals surface area contributed by atoms with E-state index in [9.17, 15) is 4.79 Å². The summed E-state index contributed by atoms with van der Waals surface area (Å²) >= 11 is 1.69. The smallest absolute Gasteiger partial charge is 0.240 e. The maximum atomic E-state index is 12.4. The van der Waals surface area contributed by atoms with Crippen molar-refractivity contribution in [2.45, 2.75) is 18.8 Å². The number of pyridine rings is 1. The van der Waals surface area contributed by atoms with Gasteiger partial charge in [-0.1, -0.05) is 18.2 Å². The summed E-state index contributed by atoms with van der Waals surface area (Å²) < 4.78 is 7.01. The Morgan fingerprint density at radius 1 is 1.28 bits per heavy atom. The van der Waals surface area contributed by atoms with Crippen molar-refractivity contribution in [3.8, 4) is 5.88 Å². The summed E-state index contributed by atoms with van der Waals surface area (Å²) in [6, 6.07) is 11.5. The lowest BCUT2D eigenvalue weighted by atomic mass is 10.3. The van der Waals surface area contributed by atoms with E-state index in [0.29, 0.717) is 12.4 Å². The first-order valence-corrected chi connectivity index (χ1v) is 9.29. The van der Waals surface area contributed by atoms with Crippen molar-refractivity contribution in [1.29, 1.82) is 0 Å². The third kappa shape index (κ3) is 4.11. The fourth-order valence-corrected chi connectivity index (χ4v) is 3.06. The molecule has 2 heterocycles. The zero-order valence-electron chi connectivity index (χ0n) is 14.2. The van der Waals surface area contributed by atoms with E-state index in [0.717, 1.165) is 28.2 Å². The summed E-state index contributed by atoms with van der Waals surface area (Å²) in [6.07, 6.45) is 3.73. The number of carbonyl (C=O) groups is 1.